The molecule has 5 heteroatoms. The number of methoxy groups -OCH3 is 1. The second-order valence-corrected chi connectivity index (χ2v) is 6.66. The van der Waals surface area contributed by atoms with Crippen molar-refractivity contribution in [1.29, 1.82) is 0 Å². The van der Waals surface area contributed by atoms with Crippen LogP contribution >= 0.6 is 0 Å². The first kappa shape index (κ1) is 18.6. The van der Waals surface area contributed by atoms with Crippen LogP contribution in [0.4, 0.5) is 10.1 Å². The number of hydrogen-bond acceptors (Lipinski definition) is 3. The summed E-state index contributed by atoms with van der Waals surface area (Å²) < 4.78 is 20.3. The van der Waals surface area contributed by atoms with E-state index in [2.05, 4.69) is 9.56 Å². The number of para-hydroxylation sites is 1. The number of ether oxygens (including phenoxy) is 1. The molecule has 29 heavy (non-hydrogen) atoms. The van der Waals surface area contributed by atoms with Crippen LogP contribution in [-0.4, -0.2) is 23.9 Å². The summed E-state index contributed by atoms with van der Waals surface area (Å²) >= 11 is 0. The van der Waals surface area contributed by atoms with Gasteiger partial charge in [-0.3, -0.25) is 4.99 Å². The minimum Gasteiger partial charge on any atom is -0.465 e. The Morgan fingerprint density at radius 3 is 2.72 bits per heavy atom. The van der Waals surface area contributed by atoms with E-state index in [4.69, 9.17) is 4.74 Å². The number of hydrogen-bond donors (Lipinski definition) is 0. The number of rotatable bonds is 5. The summed E-state index contributed by atoms with van der Waals surface area (Å²) in [5.74, 6) is -0.667. The lowest BCUT2D eigenvalue weighted by Crippen LogP contribution is -2.03. The van der Waals surface area contributed by atoms with Gasteiger partial charge in [0.1, 0.15) is 5.82 Å². The molecule has 0 aliphatic rings. The molecular formula is C24H19FN2O2. The molecule has 0 aliphatic carbocycles. The first-order chi connectivity index (χ1) is 14.1. The van der Waals surface area contributed by atoms with Crippen LogP contribution < -0.4 is 0 Å². The van der Waals surface area contributed by atoms with Gasteiger partial charge >= 0.3 is 5.97 Å². The van der Waals surface area contributed by atoms with Crippen molar-refractivity contribution in [2.45, 2.75) is 6.54 Å². The number of esters is 1. The number of benzene rings is 3. The maximum absolute atomic E-state index is 13.4. The molecule has 0 atom stereocenters. The predicted molar refractivity (Wildman–Crippen MR) is 112 cm³/mol. The molecule has 1 heterocycles. The number of halogens is 1. The van der Waals surface area contributed by atoms with Crippen LogP contribution in [0, 0.1) is 5.82 Å². The predicted octanol–water partition coefficient (Wildman–Crippen LogP) is 5.37. The van der Waals surface area contributed by atoms with E-state index in [1.165, 1.54) is 19.2 Å². The Morgan fingerprint density at radius 1 is 1.07 bits per heavy atom. The molecule has 0 saturated carbocycles. The molecule has 0 unspecified atom stereocenters. The fourth-order valence-electron chi connectivity index (χ4n) is 3.32. The van der Waals surface area contributed by atoms with Crippen molar-refractivity contribution < 1.29 is 13.9 Å². The molecule has 0 aliphatic heterocycles. The topological polar surface area (TPSA) is 43.6 Å². The molecule has 1 aromatic heterocycles. The number of nitrogens with zero attached hydrogens (tertiary/aromatic N) is 2. The smallest absolute Gasteiger partial charge is 0.337 e. The molecule has 4 aromatic rings. The highest BCUT2D eigenvalue weighted by molar-refractivity contribution is 6.00. The summed E-state index contributed by atoms with van der Waals surface area (Å²) in [5, 5.41) is 1.05. The number of fused-ring (bicyclic) bond motifs is 1. The standard InChI is InChI=1S/C24H19FN2O2/c1-29-24(28)18-7-4-6-17(12-18)15-27-16-19(22-10-2-3-11-23(22)27)14-26-21-9-5-8-20(25)13-21/h2-14,16H,15H2,1H3. The van der Waals surface area contributed by atoms with E-state index in [-0.39, 0.29) is 11.8 Å². The number of aromatic nitrogens is 1. The highest BCUT2D eigenvalue weighted by Gasteiger charge is 2.09. The summed E-state index contributed by atoms with van der Waals surface area (Å²) in [5.41, 5.74) is 4.06. The van der Waals surface area contributed by atoms with E-state index in [0.29, 0.717) is 17.8 Å². The van der Waals surface area contributed by atoms with Gasteiger partial charge in [0.05, 0.1) is 18.4 Å². The minimum atomic E-state index is -0.355. The Kier molecular flexibility index (Phi) is 5.20. The van der Waals surface area contributed by atoms with E-state index in [1.807, 2.05) is 48.7 Å². The Bertz CT molecular complexity index is 1210. The third kappa shape index (κ3) is 4.09. The molecular weight excluding hydrogens is 367 g/mol. The van der Waals surface area contributed by atoms with Gasteiger partial charge in [-0.15, -0.1) is 0 Å². The van der Waals surface area contributed by atoms with Gasteiger partial charge in [0.15, 0.2) is 0 Å². The van der Waals surface area contributed by atoms with Gasteiger partial charge in [0.25, 0.3) is 0 Å². The highest BCUT2D eigenvalue weighted by Crippen LogP contribution is 2.23. The molecule has 4 nitrogen and oxygen atoms in total. The lowest BCUT2D eigenvalue weighted by atomic mass is 10.1. The van der Waals surface area contributed by atoms with Crippen LogP contribution in [0.1, 0.15) is 21.5 Å². The first-order valence-electron chi connectivity index (χ1n) is 9.19. The Balaban J connectivity index is 1.69. The lowest BCUT2D eigenvalue weighted by molar-refractivity contribution is 0.0600. The monoisotopic (exact) mass is 386 g/mol. The number of carbonyl (C=O) groups excluding carboxylic acids is 1. The van der Waals surface area contributed by atoms with Gasteiger partial charge in [0.2, 0.25) is 0 Å². The minimum absolute atomic E-state index is 0.312. The third-order valence-corrected chi connectivity index (χ3v) is 4.68. The maximum atomic E-state index is 13.4. The molecule has 0 spiro atoms. The maximum Gasteiger partial charge on any atom is 0.337 e. The zero-order valence-corrected chi connectivity index (χ0v) is 15.9. The van der Waals surface area contributed by atoms with E-state index < -0.39 is 0 Å². The van der Waals surface area contributed by atoms with Crippen molar-refractivity contribution in [3.63, 3.8) is 0 Å². The lowest BCUT2D eigenvalue weighted by Gasteiger charge is -2.07. The SMILES string of the molecule is COC(=O)c1cccc(Cn2cc(C=Nc3cccc(F)c3)c3ccccc32)c1. The number of carbonyl (C=O) groups is 1. The van der Waals surface area contributed by atoms with Crippen molar-refractivity contribution in [1.82, 2.24) is 4.57 Å². The fraction of sp³-hybridized carbons (Fsp3) is 0.0833. The molecule has 0 radical (unpaired) electrons. The Labute approximate surface area is 167 Å². The van der Waals surface area contributed by atoms with Crippen LogP contribution in [0.15, 0.2) is 84.0 Å². The zero-order chi connectivity index (χ0) is 20.2. The second-order valence-electron chi connectivity index (χ2n) is 6.66. The summed E-state index contributed by atoms with van der Waals surface area (Å²) in [6, 6.07) is 21.6. The summed E-state index contributed by atoms with van der Waals surface area (Å²) in [6.45, 7) is 0.596. The van der Waals surface area contributed by atoms with E-state index in [0.717, 1.165) is 22.0 Å². The Hall–Kier alpha value is -3.73. The van der Waals surface area contributed by atoms with Crippen molar-refractivity contribution in [2.75, 3.05) is 7.11 Å². The van der Waals surface area contributed by atoms with Gasteiger partial charge in [-0.25, -0.2) is 9.18 Å². The van der Waals surface area contributed by atoms with Crippen molar-refractivity contribution >= 4 is 28.8 Å². The average Bonchev–Trinajstić information content (AvgIpc) is 3.09. The molecule has 0 amide bonds. The third-order valence-electron chi connectivity index (χ3n) is 4.68. The molecule has 0 N–H and O–H groups in total. The van der Waals surface area contributed by atoms with Crippen molar-refractivity contribution in [3.8, 4) is 0 Å². The summed E-state index contributed by atoms with van der Waals surface area (Å²) in [7, 11) is 1.37. The van der Waals surface area contributed by atoms with Crippen LogP contribution in [-0.2, 0) is 11.3 Å². The quantitative estimate of drug-likeness (QED) is 0.342. The molecule has 0 bridgehead atoms. The molecule has 144 valence electrons. The van der Waals surface area contributed by atoms with E-state index >= 15 is 0 Å². The fourth-order valence-corrected chi connectivity index (χ4v) is 3.32. The largest absolute Gasteiger partial charge is 0.465 e. The molecule has 4 rings (SSSR count). The van der Waals surface area contributed by atoms with Crippen molar-refractivity contribution in [2.24, 2.45) is 4.99 Å². The second kappa shape index (κ2) is 8.10. The normalized spacial score (nSPS) is 11.2. The highest BCUT2D eigenvalue weighted by atomic mass is 19.1. The summed E-state index contributed by atoms with van der Waals surface area (Å²) in [4.78, 5) is 16.2. The number of aliphatic imine (C=N–C) groups is 1. The van der Waals surface area contributed by atoms with Gasteiger partial charge < -0.3 is 9.30 Å². The van der Waals surface area contributed by atoms with Crippen molar-refractivity contribution in [3.05, 3.63) is 102 Å². The van der Waals surface area contributed by atoms with Gasteiger partial charge in [-0.1, -0.05) is 36.4 Å². The van der Waals surface area contributed by atoms with E-state index in [1.54, 1.807) is 24.4 Å². The first-order valence-corrected chi connectivity index (χ1v) is 9.19. The van der Waals surface area contributed by atoms with E-state index in [9.17, 15) is 9.18 Å². The zero-order valence-electron chi connectivity index (χ0n) is 15.9. The molecule has 0 fully saturated rings. The van der Waals surface area contributed by atoms with Crippen LogP contribution in [0.3, 0.4) is 0 Å². The summed E-state index contributed by atoms with van der Waals surface area (Å²) in [6.07, 6.45) is 3.76. The van der Waals surface area contributed by atoms with Gasteiger partial charge in [-0.05, 0) is 42.0 Å². The van der Waals surface area contributed by atoms with Gasteiger partial charge in [-0.2, -0.15) is 0 Å². The Morgan fingerprint density at radius 2 is 1.90 bits per heavy atom. The van der Waals surface area contributed by atoms with Crippen LogP contribution in [0.2, 0.25) is 0 Å². The van der Waals surface area contributed by atoms with Crippen LogP contribution in [0.5, 0.6) is 0 Å². The van der Waals surface area contributed by atoms with Gasteiger partial charge in [0, 0.05) is 35.4 Å². The molecule has 0 saturated heterocycles. The average molecular weight is 386 g/mol. The molecule has 3 aromatic carbocycles. The van der Waals surface area contributed by atoms with Crippen LogP contribution in [0.25, 0.3) is 10.9 Å².